The molecule has 112 valence electrons. The number of nitrogens with one attached hydrogen (secondary N) is 1. The van der Waals surface area contributed by atoms with Gasteiger partial charge >= 0.3 is 0 Å². The molecule has 0 saturated carbocycles. The summed E-state index contributed by atoms with van der Waals surface area (Å²) in [4.78, 5) is 0. The molecule has 0 saturated heterocycles. The second-order valence-electron chi connectivity index (χ2n) is 4.47. The molecule has 0 amide bonds. The van der Waals surface area contributed by atoms with E-state index < -0.39 is 0 Å². The summed E-state index contributed by atoms with van der Waals surface area (Å²) in [5, 5.41) is 3.99. The Labute approximate surface area is 138 Å². The molecular formula is C16H17BrClNO2. The monoisotopic (exact) mass is 369 g/mol. The molecule has 0 aliphatic carbocycles. The molecule has 0 aliphatic heterocycles. The van der Waals surface area contributed by atoms with Gasteiger partial charge in [0.1, 0.15) is 11.5 Å². The highest BCUT2D eigenvalue weighted by molar-refractivity contribution is 9.10. The minimum atomic E-state index is -0.0651. The van der Waals surface area contributed by atoms with Crippen molar-refractivity contribution >= 4 is 27.5 Å². The highest BCUT2D eigenvalue weighted by Crippen LogP contribution is 2.38. The predicted octanol–water partition coefficient (Wildman–Crippen LogP) is 4.43. The Hall–Kier alpha value is -1.23. The van der Waals surface area contributed by atoms with E-state index in [0.717, 1.165) is 27.1 Å². The van der Waals surface area contributed by atoms with E-state index in [1.54, 1.807) is 14.2 Å². The lowest BCUT2D eigenvalue weighted by Gasteiger charge is -2.22. The Morgan fingerprint density at radius 3 is 2.19 bits per heavy atom. The van der Waals surface area contributed by atoms with Crippen LogP contribution in [0, 0.1) is 0 Å². The molecule has 1 atom stereocenters. The Morgan fingerprint density at radius 2 is 1.71 bits per heavy atom. The van der Waals surface area contributed by atoms with Gasteiger partial charge in [-0.3, -0.25) is 0 Å². The lowest BCUT2D eigenvalue weighted by atomic mass is 9.97. The second-order valence-corrected chi connectivity index (χ2v) is 5.73. The standard InChI is InChI=1S/C16H17BrClNO2/c1-19-16(10-7-8-12(18)11(17)9-10)15-13(20-2)5-4-6-14(15)21-3/h4-9,16,19H,1-3H3. The van der Waals surface area contributed by atoms with Crippen LogP contribution in [0.4, 0.5) is 0 Å². The van der Waals surface area contributed by atoms with Crippen LogP contribution >= 0.6 is 27.5 Å². The van der Waals surface area contributed by atoms with Crippen molar-refractivity contribution in [3.63, 3.8) is 0 Å². The molecule has 0 heterocycles. The summed E-state index contributed by atoms with van der Waals surface area (Å²) in [7, 11) is 5.21. The van der Waals surface area contributed by atoms with Crippen LogP contribution in [0.1, 0.15) is 17.2 Å². The van der Waals surface area contributed by atoms with Crippen molar-refractivity contribution in [3.8, 4) is 11.5 Å². The molecule has 0 aliphatic rings. The minimum Gasteiger partial charge on any atom is -0.496 e. The van der Waals surface area contributed by atoms with Crippen molar-refractivity contribution in [2.45, 2.75) is 6.04 Å². The van der Waals surface area contributed by atoms with Gasteiger partial charge in [-0.1, -0.05) is 23.7 Å². The fourth-order valence-corrected chi connectivity index (χ4v) is 2.85. The predicted molar refractivity (Wildman–Crippen MR) is 89.6 cm³/mol. The van der Waals surface area contributed by atoms with E-state index in [1.807, 2.05) is 43.4 Å². The normalized spacial score (nSPS) is 12.0. The maximum Gasteiger partial charge on any atom is 0.127 e. The third-order valence-electron chi connectivity index (χ3n) is 3.32. The van der Waals surface area contributed by atoms with Crippen molar-refractivity contribution in [2.75, 3.05) is 21.3 Å². The Balaban J connectivity index is 2.57. The van der Waals surface area contributed by atoms with Crippen LogP contribution in [0.5, 0.6) is 11.5 Å². The molecular weight excluding hydrogens is 354 g/mol. The Morgan fingerprint density at radius 1 is 1.10 bits per heavy atom. The number of benzene rings is 2. The number of rotatable bonds is 5. The van der Waals surface area contributed by atoms with E-state index in [2.05, 4.69) is 21.2 Å². The number of ether oxygens (including phenoxy) is 2. The molecule has 0 bridgehead atoms. The van der Waals surface area contributed by atoms with Crippen LogP contribution in [0.2, 0.25) is 5.02 Å². The lowest BCUT2D eigenvalue weighted by molar-refractivity contribution is 0.379. The third kappa shape index (κ3) is 3.34. The summed E-state index contributed by atoms with van der Waals surface area (Å²) >= 11 is 9.54. The Bertz CT molecular complexity index is 611. The largest absolute Gasteiger partial charge is 0.496 e. The van der Waals surface area contributed by atoms with Crippen molar-refractivity contribution in [3.05, 3.63) is 57.0 Å². The first kappa shape index (κ1) is 16.1. The quantitative estimate of drug-likeness (QED) is 0.844. The van der Waals surface area contributed by atoms with Gasteiger partial charge < -0.3 is 14.8 Å². The van der Waals surface area contributed by atoms with E-state index >= 15 is 0 Å². The van der Waals surface area contributed by atoms with Crippen molar-refractivity contribution in [1.82, 2.24) is 5.32 Å². The van der Waals surface area contributed by atoms with Crippen LogP contribution in [0.3, 0.4) is 0 Å². The lowest BCUT2D eigenvalue weighted by Crippen LogP contribution is -2.19. The molecule has 5 heteroatoms. The molecule has 3 nitrogen and oxygen atoms in total. The van der Waals surface area contributed by atoms with Gasteiger partial charge in [0.05, 0.1) is 30.8 Å². The van der Waals surface area contributed by atoms with Crippen molar-refractivity contribution in [2.24, 2.45) is 0 Å². The highest BCUT2D eigenvalue weighted by Gasteiger charge is 2.21. The molecule has 0 fully saturated rings. The maximum atomic E-state index is 6.07. The molecule has 0 radical (unpaired) electrons. The molecule has 1 unspecified atom stereocenters. The molecule has 2 rings (SSSR count). The zero-order chi connectivity index (χ0) is 15.4. The molecule has 2 aromatic rings. The molecule has 1 N–H and O–H groups in total. The van der Waals surface area contributed by atoms with E-state index in [-0.39, 0.29) is 6.04 Å². The highest BCUT2D eigenvalue weighted by atomic mass is 79.9. The summed E-state index contributed by atoms with van der Waals surface area (Å²) in [5.74, 6) is 1.56. The average Bonchev–Trinajstić information content (AvgIpc) is 2.51. The van der Waals surface area contributed by atoms with Crippen LogP contribution in [0.15, 0.2) is 40.9 Å². The van der Waals surface area contributed by atoms with Gasteiger partial charge in [0, 0.05) is 4.47 Å². The second kappa shape index (κ2) is 7.16. The number of halogens is 2. The van der Waals surface area contributed by atoms with Gasteiger partial charge in [-0.25, -0.2) is 0 Å². The topological polar surface area (TPSA) is 30.5 Å². The van der Waals surface area contributed by atoms with Crippen LogP contribution in [-0.4, -0.2) is 21.3 Å². The summed E-state index contributed by atoms with van der Waals surface area (Å²) in [6.45, 7) is 0. The van der Waals surface area contributed by atoms with Gasteiger partial charge in [-0.2, -0.15) is 0 Å². The Kier molecular flexibility index (Phi) is 5.51. The molecule has 0 spiro atoms. The van der Waals surface area contributed by atoms with E-state index in [9.17, 15) is 0 Å². The van der Waals surface area contributed by atoms with Crippen molar-refractivity contribution < 1.29 is 9.47 Å². The average molecular weight is 371 g/mol. The number of methoxy groups -OCH3 is 2. The van der Waals surface area contributed by atoms with Gasteiger partial charge in [0.25, 0.3) is 0 Å². The summed E-state index contributed by atoms with van der Waals surface area (Å²) in [6.07, 6.45) is 0. The van der Waals surface area contributed by atoms with Gasteiger partial charge in [-0.15, -0.1) is 0 Å². The van der Waals surface area contributed by atoms with Crippen molar-refractivity contribution in [1.29, 1.82) is 0 Å². The zero-order valence-electron chi connectivity index (χ0n) is 12.1. The number of hydrogen-bond donors (Lipinski definition) is 1. The minimum absolute atomic E-state index is 0.0651. The third-order valence-corrected chi connectivity index (χ3v) is 4.53. The molecule has 2 aromatic carbocycles. The van der Waals surface area contributed by atoms with E-state index in [4.69, 9.17) is 21.1 Å². The van der Waals surface area contributed by atoms with Gasteiger partial charge in [0.15, 0.2) is 0 Å². The summed E-state index contributed by atoms with van der Waals surface area (Å²) in [6, 6.07) is 11.5. The SMILES string of the molecule is CNC(c1ccc(Cl)c(Br)c1)c1c(OC)cccc1OC. The summed E-state index contributed by atoms with van der Waals surface area (Å²) in [5.41, 5.74) is 2.02. The van der Waals surface area contributed by atoms with Crippen LogP contribution in [-0.2, 0) is 0 Å². The fraction of sp³-hybridized carbons (Fsp3) is 0.250. The zero-order valence-corrected chi connectivity index (χ0v) is 14.5. The van der Waals surface area contributed by atoms with Crippen LogP contribution in [0.25, 0.3) is 0 Å². The fourth-order valence-electron chi connectivity index (χ4n) is 2.33. The van der Waals surface area contributed by atoms with E-state index in [1.165, 1.54) is 0 Å². The first-order chi connectivity index (χ1) is 10.1. The summed E-state index contributed by atoms with van der Waals surface area (Å²) < 4.78 is 11.8. The van der Waals surface area contributed by atoms with Gasteiger partial charge in [0.2, 0.25) is 0 Å². The van der Waals surface area contributed by atoms with E-state index in [0.29, 0.717) is 5.02 Å². The molecule has 0 aromatic heterocycles. The smallest absolute Gasteiger partial charge is 0.127 e. The number of hydrogen-bond acceptors (Lipinski definition) is 3. The maximum absolute atomic E-state index is 6.07. The first-order valence-electron chi connectivity index (χ1n) is 6.45. The first-order valence-corrected chi connectivity index (χ1v) is 7.62. The molecule has 21 heavy (non-hydrogen) atoms. The van der Waals surface area contributed by atoms with Crippen LogP contribution < -0.4 is 14.8 Å². The van der Waals surface area contributed by atoms with Gasteiger partial charge in [-0.05, 0) is 52.8 Å².